The third-order valence-corrected chi connectivity index (χ3v) is 3.23. The standard InChI is InChI=1S/C13H16F2N2O/c1-17(12-5-4-9(14)7-11(12)15)13(18)8-10-3-2-6-16-10/h4-5,7,10,16H,2-3,6,8H2,1H3. The predicted molar refractivity (Wildman–Crippen MR) is 65.4 cm³/mol. The molecule has 1 fully saturated rings. The quantitative estimate of drug-likeness (QED) is 0.895. The fourth-order valence-corrected chi connectivity index (χ4v) is 2.17. The van der Waals surface area contributed by atoms with Crippen LogP contribution >= 0.6 is 0 Å². The van der Waals surface area contributed by atoms with Crippen molar-refractivity contribution in [3.63, 3.8) is 0 Å². The van der Waals surface area contributed by atoms with Crippen LogP contribution in [-0.2, 0) is 4.79 Å². The summed E-state index contributed by atoms with van der Waals surface area (Å²) in [4.78, 5) is 13.2. The Morgan fingerprint density at radius 2 is 2.28 bits per heavy atom. The molecule has 18 heavy (non-hydrogen) atoms. The first-order chi connectivity index (χ1) is 8.58. The Labute approximate surface area is 105 Å². The highest BCUT2D eigenvalue weighted by Gasteiger charge is 2.21. The molecule has 0 radical (unpaired) electrons. The second-order valence-corrected chi connectivity index (χ2v) is 4.55. The molecular weight excluding hydrogens is 238 g/mol. The van der Waals surface area contributed by atoms with Gasteiger partial charge in [-0.2, -0.15) is 0 Å². The van der Waals surface area contributed by atoms with Crippen LogP contribution in [-0.4, -0.2) is 25.5 Å². The number of carbonyl (C=O) groups excluding carboxylic acids is 1. The van der Waals surface area contributed by atoms with E-state index in [-0.39, 0.29) is 17.6 Å². The van der Waals surface area contributed by atoms with Gasteiger partial charge in [-0.25, -0.2) is 8.78 Å². The summed E-state index contributed by atoms with van der Waals surface area (Å²) < 4.78 is 26.3. The van der Waals surface area contributed by atoms with E-state index in [2.05, 4.69) is 5.32 Å². The lowest BCUT2D eigenvalue weighted by Crippen LogP contribution is -2.33. The average Bonchev–Trinajstić information content (AvgIpc) is 2.81. The van der Waals surface area contributed by atoms with Crippen molar-refractivity contribution >= 4 is 11.6 Å². The molecule has 1 N–H and O–H groups in total. The van der Waals surface area contributed by atoms with Gasteiger partial charge >= 0.3 is 0 Å². The first-order valence-corrected chi connectivity index (χ1v) is 6.03. The number of amides is 1. The van der Waals surface area contributed by atoms with Crippen molar-refractivity contribution in [1.82, 2.24) is 5.32 Å². The molecule has 0 spiro atoms. The van der Waals surface area contributed by atoms with Crippen LogP contribution in [0.5, 0.6) is 0 Å². The maximum absolute atomic E-state index is 13.5. The summed E-state index contributed by atoms with van der Waals surface area (Å²) in [6.45, 7) is 0.923. The molecular formula is C13H16F2N2O. The SMILES string of the molecule is CN(C(=O)CC1CCCN1)c1ccc(F)cc1F. The van der Waals surface area contributed by atoms with Crippen molar-refractivity contribution in [3.8, 4) is 0 Å². The van der Waals surface area contributed by atoms with Gasteiger partial charge in [-0.05, 0) is 31.5 Å². The van der Waals surface area contributed by atoms with E-state index in [0.29, 0.717) is 6.42 Å². The lowest BCUT2D eigenvalue weighted by molar-refractivity contribution is -0.118. The molecule has 1 atom stereocenters. The number of anilines is 1. The Morgan fingerprint density at radius 1 is 1.50 bits per heavy atom. The normalized spacial score (nSPS) is 18.9. The van der Waals surface area contributed by atoms with Crippen molar-refractivity contribution in [1.29, 1.82) is 0 Å². The van der Waals surface area contributed by atoms with E-state index in [1.165, 1.54) is 18.0 Å². The summed E-state index contributed by atoms with van der Waals surface area (Å²) in [5.74, 6) is -1.53. The van der Waals surface area contributed by atoms with E-state index < -0.39 is 11.6 Å². The van der Waals surface area contributed by atoms with Crippen LogP contribution in [0.25, 0.3) is 0 Å². The van der Waals surface area contributed by atoms with Gasteiger partial charge in [0.05, 0.1) is 5.69 Å². The van der Waals surface area contributed by atoms with Gasteiger partial charge in [-0.3, -0.25) is 4.79 Å². The van der Waals surface area contributed by atoms with Crippen LogP contribution in [0.3, 0.4) is 0 Å². The van der Waals surface area contributed by atoms with Gasteiger partial charge < -0.3 is 10.2 Å². The lowest BCUT2D eigenvalue weighted by atomic mass is 10.1. The van der Waals surface area contributed by atoms with Crippen molar-refractivity contribution < 1.29 is 13.6 Å². The van der Waals surface area contributed by atoms with E-state index in [9.17, 15) is 13.6 Å². The smallest absolute Gasteiger partial charge is 0.228 e. The summed E-state index contributed by atoms with van der Waals surface area (Å²) in [5.41, 5.74) is 0.111. The van der Waals surface area contributed by atoms with Gasteiger partial charge in [0.15, 0.2) is 0 Å². The van der Waals surface area contributed by atoms with E-state index in [0.717, 1.165) is 31.5 Å². The Balaban J connectivity index is 2.05. The number of halogens is 2. The highest BCUT2D eigenvalue weighted by Crippen LogP contribution is 2.20. The number of hydrogen-bond acceptors (Lipinski definition) is 2. The Morgan fingerprint density at radius 3 is 2.89 bits per heavy atom. The molecule has 98 valence electrons. The van der Waals surface area contributed by atoms with Crippen LogP contribution in [0.4, 0.5) is 14.5 Å². The van der Waals surface area contributed by atoms with E-state index in [4.69, 9.17) is 0 Å². The number of hydrogen-bond donors (Lipinski definition) is 1. The van der Waals surface area contributed by atoms with Gasteiger partial charge in [0.1, 0.15) is 11.6 Å². The number of benzene rings is 1. The molecule has 0 aromatic heterocycles. The number of rotatable bonds is 3. The maximum atomic E-state index is 13.5. The van der Waals surface area contributed by atoms with Crippen LogP contribution in [0.2, 0.25) is 0 Å². The molecule has 1 aromatic rings. The number of nitrogens with zero attached hydrogens (tertiary/aromatic N) is 1. The molecule has 0 aliphatic carbocycles. The highest BCUT2D eigenvalue weighted by molar-refractivity contribution is 5.93. The molecule has 5 heteroatoms. The zero-order chi connectivity index (χ0) is 13.1. The molecule has 1 aliphatic heterocycles. The largest absolute Gasteiger partial charge is 0.313 e. The highest BCUT2D eigenvalue weighted by atomic mass is 19.1. The lowest BCUT2D eigenvalue weighted by Gasteiger charge is -2.20. The molecule has 1 aromatic carbocycles. The van der Waals surface area contributed by atoms with Gasteiger partial charge in [0.2, 0.25) is 5.91 Å². The molecule has 1 heterocycles. The Bertz CT molecular complexity index is 445. The fourth-order valence-electron chi connectivity index (χ4n) is 2.17. The van der Waals surface area contributed by atoms with Crippen LogP contribution < -0.4 is 10.2 Å². The molecule has 0 saturated carbocycles. The fraction of sp³-hybridized carbons (Fsp3) is 0.462. The van der Waals surface area contributed by atoms with E-state index >= 15 is 0 Å². The second kappa shape index (κ2) is 5.44. The summed E-state index contributed by atoms with van der Waals surface area (Å²) in [6.07, 6.45) is 2.37. The molecule has 0 bridgehead atoms. The van der Waals surface area contributed by atoms with Crippen molar-refractivity contribution in [2.75, 3.05) is 18.5 Å². The van der Waals surface area contributed by atoms with Crippen molar-refractivity contribution in [2.45, 2.75) is 25.3 Å². The van der Waals surface area contributed by atoms with Crippen LogP contribution in [0.15, 0.2) is 18.2 Å². The monoisotopic (exact) mass is 254 g/mol. The van der Waals surface area contributed by atoms with E-state index in [1.54, 1.807) is 0 Å². The van der Waals surface area contributed by atoms with Gasteiger partial charge in [0.25, 0.3) is 0 Å². The van der Waals surface area contributed by atoms with Gasteiger partial charge in [0, 0.05) is 25.6 Å². The first kappa shape index (κ1) is 13.0. The minimum Gasteiger partial charge on any atom is -0.313 e. The minimum atomic E-state index is -0.717. The average molecular weight is 254 g/mol. The van der Waals surface area contributed by atoms with Crippen molar-refractivity contribution in [2.24, 2.45) is 0 Å². The van der Waals surface area contributed by atoms with Crippen molar-refractivity contribution in [3.05, 3.63) is 29.8 Å². The van der Waals surface area contributed by atoms with Gasteiger partial charge in [-0.1, -0.05) is 0 Å². The first-order valence-electron chi connectivity index (χ1n) is 6.03. The molecule has 1 amide bonds. The number of nitrogens with one attached hydrogen (secondary N) is 1. The molecule has 2 rings (SSSR count). The summed E-state index contributed by atoms with van der Waals surface area (Å²) in [6, 6.07) is 3.39. The maximum Gasteiger partial charge on any atom is 0.228 e. The van der Waals surface area contributed by atoms with Gasteiger partial charge in [-0.15, -0.1) is 0 Å². The molecule has 1 unspecified atom stereocenters. The summed E-state index contributed by atoms with van der Waals surface area (Å²) in [5, 5.41) is 3.22. The zero-order valence-electron chi connectivity index (χ0n) is 10.2. The molecule has 1 saturated heterocycles. The van der Waals surface area contributed by atoms with Crippen LogP contribution in [0.1, 0.15) is 19.3 Å². The molecule has 1 aliphatic rings. The third kappa shape index (κ3) is 2.85. The Kier molecular flexibility index (Phi) is 3.91. The number of carbonyl (C=O) groups is 1. The Hall–Kier alpha value is -1.49. The third-order valence-electron chi connectivity index (χ3n) is 3.23. The van der Waals surface area contributed by atoms with E-state index in [1.807, 2.05) is 0 Å². The topological polar surface area (TPSA) is 32.3 Å². The predicted octanol–water partition coefficient (Wildman–Crippen LogP) is 2.07. The molecule has 3 nitrogen and oxygen atoms in total. The second-order valence-electron chi connectivity index (χ2n) is 4.55. The van der Waals surface area contributed by atoms with Crippen LogP contribution in [0, 0.1) is 11.6 Å². The summed E-state index contributed by atoms with van der Waals surface area (Å²) in [7, 11) is 1.51. The summed E-state index contributed by atoms with van der Waals surface area (Å²) >= 11 is 0. The minimum absolute atomic E-state index is 0.111. The zero-order valence-corrected chi connectivity index (χ0v) is 10.2.